The summed E-state index contributed by atoms with van der Waals surface area (Å²) in [6.45, 7) is 14.6. The van der Waals surface area contributed by atoms with Crippen LogP contribution in [0, 0.1) is 52.3 Å². The van der Waals surface area contributed by atoms with E-state index in [-0.39, 0.29) is 24.4 Å². The van der Waals surface area contributed by atoms with Crippen LogP contribution in [0.4, 0.5) is 0 Å². The summed E-state index contributed by atoms with van der Waals surface area (Å²) in [6, 6.07) is 0. The van der Waals surface area contributed by atoms with Crippen LogP contribution in [0.2, 0.25) is 0 Å². The number of guanidine groups is 2. The largest absolute Gasteiger partial charge is 0.370 e. The van der Waals surface area contributed by atoms with Gasteiger partial charge < -0.3 is 22.9 Å². The van der Waals surface area contributed by atoms with Gasteiger partial charge in [-0.15, -0.1) is 0 Å². The van der Waals surface area contributed by atoms with E-state index in [1.54, 1.807) is 0 Å². The van der Waals surface area contributed by atoms with Gasteiger partial charge >= 0.3 is 0 Å². The van der Waals surface area contributed by atoms with Crippen molar-refractivity contribution in [3.8, 4) is 0 Å². The second kappa shape index (κ2) is 15.5. The Kier molecular flexibility index (Phi) is 12.2. The van der Waals surface area contributed by atoms with Crippen LogP contribution in [-0.2, 0) is 4.79 Å². The van der Waals surface area contributed by atoms with Crippen molar-refractivity contribution in [2.24, 2.45) is 90.3 Å². The summed E-state index contributed by atoms with van der Waals surface area (Å²) in [7, 11) is 0. The van der Waals surface area contributed by atoms with Gasteiger partial charge in [0.25, 0.3) is 5.91 Å². The summed E-state index contributed by atoms with van der Waals surface area (Å²) in [5, 5.41) is 4.66. The van der Waals surface area contributed by atoms with Gasteiger partial charge in [-0.3, -0.25) is 19.7 Å². The van der Waals surface area contributed by atoms with Crippen molar-refractivity contribution < 1.29 is 4.79 Å². The van der Waals surface area contributed by atoms with E-state index in [0.717, 1.165) is 54.1 Å². The van der Waals surface area contributed by atoms with Crippen LogP contribution in [0.5, 0.6) is 0 Å². The van der Waals surface area contributed by atoms with Gasteiger partial charge in [0, 0.05) is 18.8 Å². The van der Waals surface area contributed by atoms with Gasteiger partial charge in [-0.05, 0) is 110 Å². The Bertz CT molecular complexity index is 1060. The molecule has 0 radical (unpaired) electrons. The lowest BCUT2D eigenvalue weighted by molar-refractivity contribution is -0.122. The van der Waals surface area contributed by atoms with Gasteiger partial charge in [0.15, 0.2) is 11.9 Å². The fourth-order valence-electron chi connectivity index (χ4n) is 10.5. The van der Waals surface area contributed by atoms with Crippen molar-refractivity contribution in [1.82, 2.24) is 10.3 Å². The summed E-state index contributed by atoms with van der Waals surface area (Å²) >= 11 is 0. The minimum Gasteiger partial charge on any atom is -0.370 e. The number of amides is 1. The highest BCUT2D eigenvalue weighted by Crippen LogP contribution is 2.68. The summed E-state index contributed by atoms with van der Waals surface area (Å²) in [6.07, 6.45) is 15.7. The van der Waals surface area contributed by atoms with Crippen LogP contribution < -0.4 is 28.4 Å². The number of hydrazone groups is 1. The number of nitrogens with one attached hydrogen (secondary N) is 1. The Hall–Kier alpha value is -2.36. The van der Waals surface area contributed by atoms with E-state index in [2.05, 4.69) is 55.1 Å². The molecule has 10 nitrogen and oxygen atoms in total. The molecule has 0 saturated heterocycles. The van der Waals surface area contributed by atoms with Gasteiger partial charge in [-0.2, -0.15) is 5.10 Å². The van der Waals surface area contributed by atoms with E-state index in [1.165, 1.54) is 64.2 Å². The standard InChI is InChI=1S/C35H65N9O/c1-23(2)7-6-8-24(3)28-11-12-29-27-10-9-25-21-26(13-15-34(25,4)30(27)14-16-35(28,29)5)42-43-31(45)22-44(19-17-40-32(36)37)20-18-41-33(38)39/h23-25,27-30H,6-22H2,1-5H3,(H,43,45)(H4,36,37,40)(H4,38,39,41)/b42-26-/t24-,25?,27+,28-,29+,30+,34+,35-/m1/s1. The zero-order valence-corrected chi connectivity index (χ0v) is 29.1. The Morgan fingerprint density at radius 2 is 1.56 bits per heavy atom. The van der Waals surface area contributed by atoms with E-state index in [1.807, 2.05) is 4.90 Å². The minimum absolute atomic E-state index is 0.0326. The van der Waals surface area contributed by atoms with Gasteiger partial charge in [-0.25, -0.2) is 5.43 Å². The molecule has 9 N–H and O–H groups in total. The molecule has 0 aromatic heterocycles. The van der Waals surface area contributed by atoms with Crippen molar-refractivity contribution in [1.29, 1.82) is 0 Å². The fraction of sp³-hybridized carbons (Fsp3) is 0.886. The van der Waals surface area contributed by atoms with Crippen LogP contribution in [0.15, 0.2) is 15.1 Å². The highest BCUT2D eigenvalue weighted by atomic mass is 16.2. The summed E-state index contributed by atoms with van der Waals surface area (Å²) < 4.78 is 0. The van der Waals surface area contributed by atoms with E-state index in [9.17, 15) is 4.79 Å². The number of hydrogen-bond donors (Lipinski definition) is 5. The molecular weight excluding hydrogens is 562 g/mol. The van der Waals surface area contributed by atoms with Crippen LogP contribution in [0.1, 0.15) is 112 Å². The van der Waals surface area contributed by atoms with Gasteiger partial charge in [0.2, 0.25) is 0 Å². The SMILES string of the molecule is CC(C)CCC[C@@H](C)[C@H]1CC[C@H]2[C@@H]3CCC4C/C(=N\NC(=O)CN(CCN=C(N)N)CCN=C(N)N)CC[C@]4(C)[C@H]3CC[C@]12C. The molecule has 1 amide bonds. The molecule has 1 unspecified atom stereocenters. The molecule has 256 valence electrons. The summed E-state index contributed by atoms with van der Waals surface area (Å²) in [4.78, 5) is 22.9. The predicted molar refractivity (Wildman–Crippen MR) is 186 cm³/mol. The summed E-state index contributed by atoms with van der Waals surface area (Å²) in [5.41, 5.74) is 26.8. The number of rotatable bonds is 14. The minimum atomic E-state index is -0.144. The molecule has 0 aromatic carbocycles. The van der Waals surface area contributed by atoms with Crippen molar-refractivity contribution in [2.75, 3.05) is 32.7 Å². The maximum Gasteiger partial charge on any atom is 0.254 e. The number of aliphatic imine (C=N–C) groups is 2. The maximum absolute atomic E-state index is 12.9. The Labute approximate surface area is 273 Å². The lowest BCUT2D eigenvalue weighted by Crippen LogP contribution is -2.54. The zero-order chi connectivity index (χ0) is 32.8. The third kappa shape index (κ3) is 8.72. The Morgan fingerprint density at radius 1 is 0.889 bits per heavy atom. The number of hydrogen-bond acceptors (Lipinski definition) is 5. The van der Waals surface area contributed by atoms with Gasteiger partial charge in [-0.1, -0.05) is 53.9 Å². The van der Waals surface area contributed by atoms with E-state index in [0.29, 0.717) is 42.9 Å². The second-order valence-corrected chi connectivity index (χ2v) is 16.0. The molecule has 0 aromatic rings. The second-order valence-electron chi connectivity index (χ2n) is 16.0. The molecule has 8 atom stereocenters. The number of fused-ring (bicyclic) bond motifs is 5. The molecular formula is C35H65N9O. The highest BCUT2D eigenvalue weighted by Gasteiger charge is 2.60. The van der Waals surface area contributed by atoms with Crippen LogP contribution in [0.25, 0.3) is 0 Å². The lowest BCUT2D eigenvalue weighted by Gasteiger charge is -2.61. The van der Waals surface area contributed by atoms with Crippen molar-refractivity contribution >= 4 is 23.5 Å². The summed E-state index contributed by atoms with van der Waals surface area (Å²) in [5.74, 6) is 5.80. The first-order valence-electron chi connectivity index (χ1n) is 18.0. The number of nitrogens with zero attached hydrogens (tertiary/aromatic N) is 4. The third-order valence-electron chi connectivity index (χ3n) is 12.8. The maximum atomic E-state index is 12.9. The van der Waals surface area contributed by atoms with E-state index in [4.69, 9.17) is 22.9 Å². The number of carbonyl (C=O) groups excluding carboxylic acids is 1. The molecule has 4 rings (SSSR count). The molecule has 4 aliphatic rings. The lowest BCUT2D eigenvalue weighted by atomic mass is 9.44. The number of carbonyl (C=O) groups is 1. The van der Waals surface area contributed by atoms with Crippen molar-refractivity contribution in [3.05, 3.63) is 0 Å². The molecule has 4 fully saturated rings. The smallest absolute Gasteiger partial charge is 0.254 e. The van der Waals surface area contributed by atoms with Crippen LogP contribution in [0.3, 0.4) is 0 Å². The molecule has 4 aliphatic carbocycles. The average Bonchev–Trinajstić information content (AvgIpc) is 3.32. The first kappa shape index (κ1) is 35.5. The van der Waals surface area contributed by atoms with E-state index >= 15 is 0 Å². The van der Waals surface area contributed by atoms with Crippen molar-refractivity contribution in [3.63, 3.8) is 0 Å². The average molecular weight is 628 g/mol. The monoisotopic (exact) mass is 628 g/mol. The Balaban J connectivity index is 1.32. The fourth-order valence-corrected chi connectivity index (χ4v) is 10.5. The molecule has 10 heteroatoms. The molecule has 0 bridgehead atoms. The molecule has 4 saturated carbocycles. The molecule has 0 aliphatic heterocycles. The van der Waals surface area contributed by atoms with E-state index < -0.39 is 0 Å². The van der Waals surface area contributed by atoms with Crippen LogP contribution in [-0.4, -0.2) is 61.2 Å². The normalized spacial score (nSPS) is 34.1. The predicted octanol–water partition coefficient (Wildman–Crippen LogP) is 4.43. The van der Waals surface area contributed by atoms with Crippen LogP contribution >= 0.6 is 0 Å². The third-order valence-corrected chi connectivity index (χ3v) is 12.8. The highest BCUT2D eigenvalue weighted by molar-refractivity contribution is 5.87. The molecule has 0 heterocycles. The topological polar surface area (TPSA) is 174 Å². The van der Waals surface area contributed by atoms with Gasteiger partial charge in [0.1, 0.15) is 0 Å². The van der Waals surface area contributed by atoms with Gasteiger partial charge in [0.05, 0.1) is 19.6 Å². The number of nitrogens with two attached hydrogens (primary N) is 4. The molecule has 0 spiro atoms. The molecule has 45 heavy (non-hydrogen) atoms. The zero-order valence-electron chi connectivity index (χ0n) is 29.1. The quantitative estimate of drug-likeness (QED) is 0.108. The Morgan fingerprint density at radius 3 is 2.20 bits per heavy atom. The van der Waals surface area contributed by atoms with Crippen molar-refractivity contribution in [2.45, 2.75) is 112 Å². The first-order chi connectivity index (χ1) is 21.3. The first-order valence-corrected chi connectivity index (χ1v) is 18.0.